The molecule has 0 heterocycles. The van der Waals surface area contributed by atoms with E-state index in [2.05, 4.69) is 6.92 Å². The molecule has 0 fully saturated rings. The molecular weight excluding hydrogens is 230 g/mol. The van der Waals surface area contributed by atoms with Crippen LogP contribution in [0.25, 0.3) is 0 Å². The highest BCUT2D eigenvalue weighted by Crippen LogP contribution is 2.18. The van der Waals surface area contributed by atoms with E-state index in [0.717, 1.165) is 31.7 Å². The lowest BCUT2D eigenvalue weighted by Gasteiger charge is -2.10. The zero-order valence-corrected chi connectivity index (χ0v) is 10.2. The van der Waals surface area contributed by atoms with E-state index in [1.807, 2.05) is 0 Å². The van der Waals surface area contributed by atoms with Crippen LogP contribution in [0.5, 0.6) is 0 Å². The van der Waals surface area contributed by atoms with Crippen molar-refractivity contribution in [1.82, 2.24) is 0 Å². The maximum absolute atomic E-state index is 13.3. The third-order valence-electron chi connectivity index (χ3n) is 2.59. The molecule has 0 radical (unpaired) electrons. The lowest BCUT2D eigenvalue weighted by molar-refractivity contribution is 0.495. The van der Waals surface area contributed by atoms with Crippen LogP contribution in [0, 0.1) is 11.6 Å². The Labute approximate surface area is 101 Å². The predicted octanol–water partition coefficient (Wildman–Crippen LogP) is 4.70. The summed E-state index contributed by atoms with van der Waals surface area (Å²) >= 11 is 6.09. The summed E-state index contributed by atoms with van der Waals surface area (Å²) in [7, 11) is 0. The van der Waals surface area contributed by atoms with Crippen molar-refractivity contribution in [3.63, 3.8) is 0 Å². The maximum atomic E-state index is 13.3. The fourth-order valence-electron chi connectivity index (χ4n) is 1.66. The van der Waals surface area contributed by atoms with E-state index in [0.29, 0.717) is 12.0 Å². The molecule has 0 bridgehead atoms. The van der Waals surface area contributed by atoms with Gasteiger partial charge in [0.25, 0.3) is 0 Å². The molecule has 1 unspecified atom stereocenters. The summed E-state index contributed by atoms with van der Waals surface area (Å²) in [5.41, 5.74) is 0.372. The largest absolute Gasteiger partial charge is 0.204 e. The van der Waals surface area contributed by atoms with Gasteiger partial charge in [-0.15, -0.1) is 11.6 Å². The van der Waals surface area contributed by atoms with Crippen molar-refractivity contribution in [3.05, 3.63) is 35.4 Å². The van der Waals surface area contributed by atoms with E-state index >= 15 is 0 Å². The molecule has 0 saturated carbocycles. The second kappa shape index (κ2) is 6.85. The van der Waals surface area contributed by atoms with Crippen LogP contribution in [0.1, 0.15) is 38.2 Å². The van der Waals surface area contributed by atoms with Gasteiger partial charge in [0, 0.05) is 5.38 Å². The topological polar surface area (TPSA) is 0 Å². The van der Waals surface area contributed by atoms with Gasteiger partial charge in [-0.2, -0.15) is 0 Å². The fraction of sp³-hybridized carbons (Fsp3) is 0.538. The van der Waals surface area contributed by atoms with Gasteiger partial charge in [0.2, 0.25) is 0 Å². The lowest BCUT2D eigenvalue weighted by atomic mass is 10.0. The summed E-state index contributed by atoms with van der Waals surface area (Å²) in [6.45, 7) is 2.12. The first-order chi connectivity index (χ1) is 7.65. The highest BCUT2D eigenvalue weighted by molar-refractivity contribution is 6.20. The first-order valence-electron chi connectivity index (χ1n) is 5.72. The first-order valence-corrected chi connectivity index (χ1v) is 6.15. The molecule has 0 N–H and O–H groups in total. The molecule has 0 aromatic heterocycles. The quantitative estimate of drug-likeness (QED) is 0.504. The molecule has 0 spiro atoms. The molecule has 0 nitrogen and oxygen atoms in total. The van der Waals surface area contributed by atoms with Crippen LogP contribution in [0.4, 0.5) is 8.78 Å². The SMILES string of the molecule is CCCCCC(Cl)Cc1cccc(F)c1F. The minimum absolute atomic E-state index is 0.108. The molecule has 0 aliphatic carbocycles. The number of unbranched alkanes of at least 4 members (excludes halogenated alkanes) is 2. The normalized spacial score (nSPS) is 12.8. The van der Waals surface area contributed by atoms with Crippen molar-refractivity contribution in [2.45, 2.75) is 44.4 Å². The van der Waals surface area contributed by atoms with Gasteiger partial charge < -0.3 is 0 Å². The van der Waals surface area contributed by atoms with Gasteiger partial charge in [0.1, 0.15) is 0 Å². The summed E-state index contributed by atoms with van der Waals surface area (Å²) in [6.07, 6.45) is 4.56. The van der Waals surface area contributed by atoms with Crippen molar-refractivity contribution >= 4 is 11.6 Å². The van der Waals surface area contributed by atoms with Crippen molar-refractivity contribution in [3.8, 4) is 0 Å². The first kappa shape index (κ1) is 13.4. The number of rotatable bonds is 6. The Morgan fingerprint density at radius 3 is 2.69 bits per heavy atom. The van der Waals surface area contributed by atoms with E-state index in [4.69, 9.17) is 11.6 Å². The highest BCUT2D eigenvalue weighted by Gasteiger charge is 2.12. The molecule has 0 aliphatic rings. The number of hydrogen-bond acceptors (Lipinski definition) is 0. The Morgan fingerprint density at radius 1 is 1.25 bits per heavy atom. The van der Waals surface area contributed by atoms with Gasteiger partial charge in [-0.05, 0) is 24.5 Å². The van der Waals surface area contributed by atoms with Crippen molar-refractivity contribution < 1.29 is 8.78 Å². The Morgan fingerprint density at radius 2 is 2.00 bits per heavy atom. The average Bonchev–Trinajstić information content (AvgIpc) is 2.25. The molecule has 1 aromatic carbocycles. The minimum atomic E-state index is -0.796. The molecule has 3 heteroatoms. The van der Waals surface area contributed by atoms with Gasteiger partial charge >= 0.3 is 0 Å². The van der Waals surface area contributed by atoms with Crippen LogP contribution < -0.4 is 0 Å². The molecule has 16 heavy (non-hydrogen) atoms. The molecule has 0 saturated heterocycles. The van der Waals surface area contributed by atoms with E-state index in [1.165, 1.54) is 6.07 Å². The van der Waals surface area contributed by atoms with Crippen LogP contribution in [0.15, 0.2) is 18.2 Å². The summed E-state index contributed by atoms with van der Waals surface area (Å²) in [6, 6.07) is 4.23. The molecule has 1 rings (SSSR count). The Bertz CT molecular complexity index is 326. The van der Waals surface area contributed by atoms with Gasteiger partial charge in [0.15, 0.2) is 11.6 Å². The van der Waals surface area contributed by atoms with Crippen molar-refractivity contribution in [2.75, 3.05) is 0 Å². The summed E-state index contributed by atoms with van der Waals surface area (Å²) in [5, 5.41) is -0.108. The van der Waals surface area contributed by atoms with Crippen molar-refractivity contribution in [2.24, 2.45) is 0 Å². The van der Waals surface area contributed by atoms with E-state index < -0.39 is 11.6 Å². The second-order valence-corrected chi connectivity index (χ2v) is 4.63. The van der Waals surface area contributed by atoms with Crippen LogP contribution in [-0.2, 0) is 6.42 Å². The van der Waals surface area contributed by atoms with Gasteiger partial charge in [-0.3, -0.25) is 0 Å². The predicted molar refractivity (Wildman–Crippen MR) is 63.8 cm³/mol. The molecule has 90 valence electrons. The Kier molecular flexibility index (Phi) is 5.75. The molecular formula is C13H17ClF2. The minimum Gasteiger partial charge on any atom is -0.204 e. The van der Waals surface area contributed by atoms with Gasteiger partial charge in [-0.25, -0.2) is 8.78 Å². The van der Waals surface area contributed by atoms with E-state index in [1.54, 1.807) is 6.07 Å². The number of hydrogen-bond donors (Lipinski definition) is 0. The summed E-state index contributed by atoms with van der Waals surface area (Å²) in [4.78, 5) is 0. The smallest absolute Gasteiger partial charge is 0.162 e. The Balaban J connectivity index is 2.49. The van der Waals surface area contributed by atoms with Crippen LogP contribution >= 0.6 is 11.6 Å². The molecule has 0 aliphatic heterocycles. The zero-order chi connectivity index (χ0) is 12.0. The molecule has 0 amide bonds. The zero-order valence-electron chi connectivity index (χ0n) is 9.48. The maximum Gasteiger partial charge on any atom is 0.162 e. The van der Waals surface area contributed by atoms with Crippen LogP contribution in [0.3, 0.4) is 0 Å². The summed E-state index contributed by atoms with van der Waals surface area (Å²) in [5.74, 6) is -1.56. The number of alkyl halides is 1. The van der Waals surface area contributed by atoms with Crippen molar-refractivity contribution in [1.29, 1.82) is 0 Å². The average molecular weight is 247 g/mol. The fourth-order valence-corrected chi connectivity index (χ4v) is 1.98. The van der Waals surface area contributed by atoms with Gasteiger partial charge in [0.05, 0.1) is 0 Å². The lowest BCUT2D eigenvalue weighted by Crippen LogP contribution is -2.06. The molecule has 1 aromatic rings. The standard InChI is InChI=1S/C13H17ClF2/c1-2-3-4-7-11(14)9-10-6-5-8-12(15)13(10)16/h5-6,8,11H,2-4,7,9H2,1H3. The second-order valence-electron chi connectivity index (χ2n) is 4.01. The van der Waals surface area contributed by atoms with Gasteiger partial charge in [-0.1, -0.05) is 38.3 Å². The number of benzene rings is 1. The van der Waals surface area contributed by atoms with E-state index in [-0.39, 0.29) is 5.38 Å². The van der Waals surface area contributed by atoms with Crippen LogP contribution in [-0.4, -0.2) is 5.38 Å². The summed E-state index contributed by atoms with van der Waals surface area (Å²) < 4.78 is 26.2. The Hall–Kier alpha value is -0.630. The van der Waals surface area contributed by atoms with Crippen LogP contribution in [0.2, 0.25) is 0 Å². The third kappa shape index (κ3) is 4.09. The monoisotopic (exact) mass is 246 g/mol. The number of halogens is 3. The highest BCUT2D eigenvalue weighted by atomic mass is 35.5. The molecule has 1 atom stereocenters. The third-order valence-corrected chi connectivity index (χ3v) is 2.97. The van der Waals surface area contributed by atoms with E-state index in [9.17, 15) is 8.78 Å².